The molecule has 1 amide bonds. The van der Waals surface area contributed by atoms with Crippen molar-refractivity contribution in [3.05, 3.63) is 60.0 Å². The Kier molecular flexibility index (Phi) is 3.34. The van der Waals surface area contributed by atoms with Gasteiger partial charge in [0.05, 0.1) is 6.54 Å². The maximum absolute atomic E-state index is 12.3. The van der Waals surface area contributed by atoms with Crippen molar-refractivity contribution in [2.24, 2.45) is 0 Å². The number of hydrogen-bond donors (Lipinski definition) is 1. The lowest BCUT2D eigenvalue weighted by atomic mass is 10.0. The SMILES string of the molecule is O=C1CCc2ccccc2N1Cc1nnc(-c2ccccn2)[nH]1. The van der Waals surface area contributed by atoms with Crippen LogP contribution < -0.4 is 4.90 Å². The molecule has 0 saturated carbocycles. The summed E-state index contributed by atoms with van der Waals surface area (Å²) in [6.45, 7) is 0.385. The Hall–Kier alpha value is -3.02. The molecule has 0 radical (unpaired) electrons. The van der Waals surface area contributed by atoms with Crippen LogP contribution in [0, 0.1) is 0 Å². The van der Waals surface area contributed by atoms with Crippen molar-refractivity contribution in [1.29, 1.82) is 0 Å². The second kappa shape index (κ2) is 5.64. The zero-order chi connectivity index (χ0) is 15.6. The number of benzene rings is 1. The Morgan fingerprint density at radius 2 is 1.91 bits per heavy atom. The summed E-state index contributed by atoms with van der Waals surface area (Å²) in [5, 5.41) is 8.28. The number of aromatic amines is 1. The van der Waals surface area contributed by atoms with Gasteiger partial charge in [-0.2, -0.15) is 0 Å². The molecule has 1 aromatic carbocycles. The summed E-state index contributed by atoms with van der Waals surface area (Å²) in [6, 6.07) is 13.6. The van der Waals surface area contributed by atoms with Crippen LogP contribution in [0.25, 0.3) is 11.5 Å². The molecule has 4 rings (SSSR count). The summed E-state index contributed by atoms with van der Waals surface area (Å²) in [5.74, 6) is 1.37. The summed E-state index contributed by atoms with van der Waals surface area (Å²) in [6.07, 6.45) is 3.03. The van der Waals surface area contributed by atoms with E-state index in [4.69, 9.17) is 0 Å². The molecule has 0 atom stereocenters. The maximum atomic E-state index is 12.3. The van der Waals surface area contributed by atoms with E-state index in [-0.39, 0.29) is 5.91 Å². The molecule has 0 bridgehead atoms. The number of hydrogen-bond acceptors (Lipinski definition) is 4. The van der Waals surface area contributed by atoms with Gasteiger partial charge in [0.15, 0.2) is 11.6 Å². The molecule has 3 heterocycles. The van der Waals surface area contributed by atoms with E-state index in [2.05, 4.69) is 26.2 Å². The van der Waals surface area contributed by atoms with Crippen molar-refractivity contribution in [2.75, 3.05) is 4.90 Å². The van der Waals surface area contributed by atoms with E-state index in [1.54, 1.807) is 11.1 Å². The van der Waals surface area contributed by atoms with Crippen LogP contribution in [-0.4, -0.2) is 26.1 Å². The number of para-hydroxylation sites is 1. The number of nitrogens with zero attached hydrogens (tertiary/aromatic N) is 4. The monoisotopic (exact) mass is 305 g/mol. The number of aryl methyl sites for hydroxylation is 1. The minimum Gasteiger partial charge on any atom is -0.322 e. The van der Waals surface area contributed by atoms with E-state index in [0.29, 0.717) is 24.6 Å². The number of amides is 1. The highest BCUT2D eigenvalue weighted by molar-refractivity contribution is 5.96. The molecule has 23 heavy (non-hydrogen) atoms. The fraction of sp³-hybridized carbons (Fsp3) is 0.176. The molecule has 2 aromatic heterocycles. The number of pyridine rings is 1. The molecular formula is C17H15N5O. The van der Waals surface area contributed by atoms with Crippen molar-refractivity contribution in [1.82, 2.24) is 20.2 Å². The minimum atomic E-state index is 0.111. The quantitative estimate of drug-likeness (QED) is 0.806. The van der Waals surface area contributed by atoms with Crippen molar-refractivity contribution >= 4 is 11.6 Å². The van der Waals surface area contributed by atoms with Gasteiger partial charge < -0.3 is 9.88 Å². The normalized spacial score (nSPS) is 13.9. The molecule has 0 aliphatic carbocycles. The number of anilines is 1. The van der Waals surface area contributed by atoms with Crippen LogP contribution in [0.5, 0.6) is 0 Å². The standard InChI is InChI=1S/C17H15N5O/c23-16-9-8-12-5-1-2-7-14(12)22(16)11-15-19-17(21-20-15)13-6-3-4-10-18-13/h1-7,10H,8-9,11H2,(H,19,20,21). The third-order valence-electron chi connectivity index (χ3n) is 3.94. The van der Waals surface area contributed by atoms with E-state index in [9.17, 15) is 4.79 Å². The summed E-state index contributed by atoms with van der Waals surface area (Å²) in [4.78, 5) is 21.5. The van der Waals surface area contributed by atoms with Crippen LogP contribution in [0.4, 0.5) is 5.69 Å². The van der Waals surface area contributed by atoms with E-state index in [1.165, 1.54) is 5.56 Å². The van der Waals surface area contributed by atoms with Crippen molar-refractivity contribution in [2.45, 2.75) is 19.4 Å². The summed E-state index contributed by atoms with van der Waals surface area (Å²) >= 11 is 0. The molecule has 0 fully saturated rings. The molecule has 0 spiro atoms. The van der Waals surface area contributed by atoms with Gasteiger partial charge in [0.25, 0.3) is 0 Å². The molecule has 6 nitrogen and oxygen atoms in total. The fourth-order valence-electron chi connectivity index (χ4n) is 2.81. The van der Waals surface area contributed by atoms with Gasteiger partial charge in [0.2, 0.25) is 5.91 Å². The van der Waals surface area contributed by atoms with E-state index in [1.807, 2.05) is 36.4 Å². The topological polar surface area (TPSA) is 74.8 Å². The van der Waals surface area contributed by atoms with Crippen LogP contribution in [0.3, 0.4) is 0 Å². The summed E-state index contributed by atoms with van der Waals surface area (Å²) in [7, 11) is 0. The average Bonchev–Trinajstić information content (AvgIpc) is 3.07. The first-order valence-corrected chi connectivity index (χ1v) is 7.52. The van der Waals surface area contributed by atoms with E-state index >= 15 is 0 Å². The number of rotatable bonds is 3. The van der Waals surface area contributed by atoms with E-state index in [0.717, 1.165) is 17.8 Å². The summed E-state index contributed by atoms with van der Waals surface area (Å²) < 4.78 is 0. The van der Waals surface area contributed by atoms with Gasteiger partial charge in [0, 0.05) is 18.3 Å². The Bertz CT molecular complexity index is 843. The zero-order valence-corrected chi connectivity index (χ0v) is 12.4. The molecule has 0 saturated heterocycles. The number of carbonyl (C=O) groups is 1. The second-order valence-electron chi connectivity index (χ2n) is 5.44. The van der Waals surface area contributed by atoms with Crippen molar-refractivity contribution < 1.29 is 4.79 Å². The Balaban J connectivity index is 1.61. The molecule has 1 N–H and O–H groups in total. The highest BCUT2D eigenvalue weighted by Gasteiger charge is 2.24. The molecular weight excluding hydrogens is 290 g/mol. The maximum Gasteiger partial charge on any atom is 0.227 e. The first kappa shape index (κ1) is 13.6. The second-order valence-corrected chi connectivity index (χ2v) is 5.44. The smallest absolute Gasteiger partial charge is 0.227 e. The van der Waals surface area contributed by atoms with Gasteiger partial charge in [-0.05, 0) is 30.2 Å². The van der Waals surface area contributed by atoms with Gasteiger partial charge in [-0.1, -0.05) is 24.3 Å². The first-order chi connectivity index (χ1) is 11.3. The van der Waals surface area contributed by atoms with Crippen molar-refractivity contribution in [3.8, 4) is 11.5 Å². The summed E-state index contributed by atoms with van der Waals surface area (Å²) in [5.41, 5.74) is 2.88. The van der Waals surface area contributed by atoms with Crippen LogP contribution >= 0.6 is 0 Å². The number of aromatic nitrogens is 4. The highest BCUT2D eigenvalue weighted by Crippen LogP contribution is 2.28. The van der Waals surface area contributed by atoms with E-state index < -0.39 is 0 Å². The zero-order valence-electron chi connectivity index (χ0n) is 12.4. The third kappa shape index (κ3) is 2.59. The average molecular weight is 305 g/mol. The van der Waals surface area contributed by atoms with Crippen LogP contribution in [0.1, 0.15) is 17.8 Å². The van der Waals surface area contributed by atoms with Gasteiger partial charge in [-0.25, -0.2) is 0 Å². The van der Waals surface area contributed by atoms with Crippen LogP contribution in [-0.2, 0) is 17.8 Å². The molecule has 6 heteroatoms. The molecule has 0 unspecified atom stereocenters. The lowest BCUT2D eigenvalue weighted by molar-refractivity contribution is -0.119. The number of fused-ring (bicyclic) bond motifs is 1. The number of carbonyl (C=O) groups excluding carboxylic acids is 1. The first-order valence-electron chi connectivity index (χ1n) is 7.52. The van der Waals surface area contributed by atoms with Gasteiger partial charge in [0.1, 0.15) is 5.69 Å². The Morgan fingerprint density at radius 1 is 1.04 bits per heavy atom. The highest BCUT2D eigenvalue weighted by atomic mass is 16.2. The van der Waals surface area contributed by atoms with Crippen molar-refractivity contribution in [3.63, 3.8) is 0 Å². The lowest BCUT2D eigenvalue weighted by Gasteiger charge is -2.28. The van der Waals surface area contributed by atoms with Gasteiger partial charge in [-0.15, -0.1) is 10.2 Å². The largest absolute Gasteiger partial charge is 0.322 e. The fourth-order valence-corrected chi connectivity index (χ4v) is 2.81. The molecule has 114 valence electrons. The minimum absolute atomic E-state index is 0.111. The number of nitrogens with one attached hydrogen (secondary N) is 1. The molecule has 1 aliphatic heterocycles. The van der Waals surface area contributed by atoms with Gasteiger partial charge >= 0.3 is 0 Å². The Morgan fingerprint density at radius 3 is 2.78 bits per heavy atom. The van der Waals surface area contributed by atoms with Crippen LogP contribution in [0.2, 0.25) is 0 Å². The van der Waals surface area contributed by atoms with Crippen LogP contribution in [0.15, 0.2) is 48.7 Å². The molecule has 1 aliphatic rings. The Labute approximate surface area is 133 Å². The van der Waals surface area contributed by atoms with Gasteiger partial charge in [-0.3, -0.25) is 9.78 Å². The predicted molar refractivity (Wildman–Crippen MR) is 85.6 cm³/mol. The lowest BCUT2D eigenvalue weighted by Crippen LogP contribution is -2.34. The number of H-pyrrole nitrogens is 1. The third-order valence-corrected chi connectivity index (χ3v) is 3.94. The predicted octanol–water partition coefficient (Wildman–Crippen LogP) is 2.35. The molecule has 3 aromatic rings.